The largest absolute Gasteiger partial charge is 0.467 e. The fourth-order valence-electron chi connectivity index (χ4n) is 0.705. The highest BCUT2D eigenvalue weighted by Crippen LogP contribution is 1.88. The number of nitrogens with one attached hydrogen (secondary N) is 2. The van der Waals surface area contributed by atoms with E-state index in [1.165, 1.54) is 7.11 Å². The average molecular weight is 188 g/mol. The lowest BCUT2D eigenvalue weighted by atomic mass is 10.2. The molecule has 0 unspecified atom stereocenters. The first-order valence-electron chi connectivity index (χ1n) is 4.08. The molecule has 5 heteroatoms. The minimum Gasteiger partial charge on any atom is -0.467 e. The van der Waals surface area contributed by atoms with Crippen LogP contribution in [-0.2, 0) is 14.3 Å². The standard InChI is InChI=1S/C8H16N2O3/c1-5(9-3)7(11)10-6(2)8(12)13-4/h5-6,9H,1-4H3,(H,10,11)/t5-,6+/m0/s1. The van der Waals surface area contributed by atoms with Crippen molar-refractivity contribution in [2.24, 2.45) is 0 Å². The van der Waals surface area contributed by atoms with Gasteiger partial charge in [-0.2, -0.15) is 0 Å². The summed E-state index contributed by atoms with van der Waals surface area (Å²) in [6.07, 6.45) is 0. The predicted molar refractivity (Wildman–Crippen MR) is 48.1 cm³/mol. The van der Waals surface area contributed by atoms with E-state index < -0.39 is 12.0 Å². The maximum Gasteiger partial charge on any atom is 0.328 e. The average Bonchev–Trinajstić information content (AvgIpc) is 2.14. The van der Waals surface area contributed by atoms with Gasteiger partial charge in [-0.05, 0) is 20.9 Å². The van der Waals surface area contributed by atoms with Gasteiger partial charge in [-0.3, -0.25) is 4.79 Å². The Balaban J connectivity index is 3.98. The molecule has 1 amide bonds. The van der Waals surface area contributed by atoms with Gasteiger partial charge in [0.25, 0.3) is 0 Å². The fraction of sp³-hybridized carbons (Fsp3) is 0.750. The quantitative estimate of drug-likeness (QED) is 0.571. The van der Waals surface area contributed by atoms with E-state index in [0.29, 0.717) is 0 Å². The van der Waals surface area contributed by atoms with Gasteiger partial charge in [0.1, 0.15) is 6.04 Å². The lowest BCUT2D eigenvalue weighted by Crippen LogP contribution is -2.47. The van der Waals surface area contributed by atoms with Crippen molar-refractivity contribution in [3.05, 3.63) is 0 Å². The summed E-state index contributed by atoms with van der Waals surface area (Å²) < 4.78 is 4.45. The summed E-state index contributed by atoms with van der Waals surface area (Å²) in [5, 5.41) is 5.27. The normalized spacial score (nSPS) is 14.5. The highest BCUT2D eigenvalue weighted by atomic mass is 16.5. The Hall–Kier alpha value is -1.10. The molecule has 0 heterocycles. The van der Waals surface area contributed by atoms with Gasteiger partial charge in [0.05, 0.1) is 13.2 Å². The number of hydrogen-bond donors (Lipinski definition) is 2. The summed E-state index contributed by atoms with van der Waals surface area (Å²) in [5.74, 6) is -0.669. The van der Waals surface area contributed by atoms with Crippen molar-refractivity contribution >= 4 is 11.9 Å². The first-order valence-corrected chi connectivity index (χ1v) is 4.08. The third-order valence-electron chi connectivity index (χ3n) is 1.74. The Bertz CT molecular complexity index is 194. The van der Waals surface area contributed by atoms with Crippen LogP contribution in [-0.4, -0.2) is 38.1 Å². The molecule has 2 atom stereocenters. The molecule has 76 valence electrons. The van der Waals surface area contributed by atoms with Gasteiger partial charge in [-0.15, -0.1) is 0 Å². The van der Waals surface area contributed by atoms with Gasteiger partial charge in [0, 0.05) is 0 Å². The summed E-state index contributed by atoms with van der Waals surface area (Å²) in [7, 11) is 2.96. The van der Waals surface area contributed by atoms with E-state index in [0.717, 1.165) is 0 Å². The van der Waals surface area contributed by atoms with Crippen LogP contribution in [0.15, 0.2) is 0 Å². The number of methoxy groups -OCH3 is 1. The molecule has 0 aliphatic rings. The molecule has 0 aromatic heterocycles. The molecule has 0 aromatic rings. The van der Waals surface area contributed by atoms with E-state index in [9.17, 15) is 9.59 Å². The highest BCUT2D eigenvalue weighted by Gasteiger charge is 2.18. The van der Waals surface area contributed by atoms with Crippen molar-refractivity contribution in [1.29, 1.82) is 0 Å². The minimum absolute atomic E-state index is 0.222. The van der Waals surface area contributed by atoms with Crippen LogP contribution in [0, 0.1) is 0 Å². The number of likely N-dealkylation sites (N-methyl/N-ethyl adjacent to an activating group) is 1. The van der Waals surface area contributed by atoms with E-state index in [4.69, 9.17) is 0 Å². The Morgan fingerprint density at radius 1 is 1.23 bits per heavy atom. The molecule has 0 radical (unpaired) electrons. The maximum absolute atomic E-state index is 11.2. The van der Waals surface area contributed by atoms with E-state index in [2.05, 4.69) is 15.4 Å². The molecule has 0 rings (SSSR count). The zero-order chi connectivity index (χ0) is 10.4. The summed E-state index contributed by atoms with van der Waals surface area (Å²) in [5.41, 5.74) is 0. The third kappa shape index (κ3) is 3.89. The van der Waals surface area contributed by atoms with Gasteiger partial charge in [0.15, 0.2) is 0 Å². The number of rotatable bonds is 4. The molecule has 0 saturated carbocycles. The predicted octanol–water partition coefficient (Wildman–Crippen LogP) is -0.728. The number of carbonyl (C=O) groups is 2. The van der Waals surface area contributed by atoms with E-state index >= 15 is 0 Å². The molecule has 0 saturated heterocycles. The van der Waals surface area contributed by atoms with Crippen molar-refractivity contribution in [1.82, 2.24) is 10.6 Å². The van der Waals surface area contributed by atoms with Crippen LogP contribution >= 0.6 is 0 Å². The Morgan fingerprint density at radius 3 is 2.15 bits per heavy atom. The Labute approximate surface area is 77.8 Å². The van der Waals surface area contributed by atoms with Crippen molar-refractivity contribution < 1.29 is 14.3 Å². The SMILES string of the molecule is CN[C@@H](C)C(=O)N[C@H](C)C(=O)OC. The van der Waals surface area contributed by atoms with Crippen molar-refractivity contribution in [2.75, 3.05) is 14.2 Å². The lowest BCUT2D eigenvalue weighted by molar-refractivity contribution is -0.144. The van der Waals surface area contributed by atoms with Crippen LogP contribution in [0.4, 0.5) is 0 Å². The van der Waals surface area contributed by atoms with Crippen LogP contribution in [0.3, 0.4) is 0 Å². The molecule has 0 aliphatic heterocycles. The molecule has 0 aromatic carbocycles. The van der Waals surface area contributed by atoms with Gasteiger partial charge in [-0.25, -0.2) is 4.79 Å². The van der Waals surface area contributed by atoms with Crippen LogP contribution < -0.4 is 10.6 Å². The Kier molecular flexibility index (Phi) is 5.06. The topological polar surface area (TPSA) is 67.4 Å². The van der Waals surface area contributed by atoms with Crippen LogP contribution in [0.1, 0.15) is 13.8 Å². The van der Waals surface area contributed by atoms with Gasteiger partial charge in [0.2, 0.25) is 5.91 Å². The summed E-state index contributed by atoms with van der Waals surface area (Å²) in [4.78, 5) is 22.1. The van der Waals surface area contributed by atoms with E-state index in [1.807, 2.05) is 0 Å². The second kappa shape index (κ2) is 5.53. The summed E-state index contributed by atoms with van der Waals surface area (Å²) in [6.45, 7) is 3.28. The number of carbonyl (C=O) groups excluding carboxylic acids is 2. The summed E-state index contributed by atoms with van der Waals surface area (Å²) in [6, 6.07) is -0.916. The first-order chi connectivity index (χ1) is 6.02. The molecule has 0 bridgehead atoms. The number of ether oxygens (including phenoxy) is 1. The number of amides is 1. The van der Waals surface area contributed by atoms with Gasteiger partial charge < -0.3 is 15.4 Å². The van der Waals surface area contributed by atoms with Crippen LogP contribution in [0.2, 0.25) is 0 Å². The molecule has 5 nitrogen and oxygen atoms in total. The molecule has 13 heavy (non-hydrogen) atoms. The fourth-order valence-corrected chi connectivity index (χ4v) is 0.705. The minimum atomic E-state index is -0.603. The smallest absolute Gasteiger partial charge is 0.328 e. The molecule has 0 aliphatic carbocycles. The monoisotopic (exact) mass is 188 g/mol. The van der Waals surface area contributed by atoms with E-state index in [-0.39, 0.29) is 11.9 Å². The zero-order valence-corrected chi connectivity index (χ0v) is 8.38. The zero-order valence-electron chi connectivity index (χ0n) is 8.38. The molecular formula is C8H16N2O3. The van der Waals surface area contributed by atoms with Crippen LogP contribution in [0.25, 0.3) is 0 Å². The molecular weight excluding hydrogens is 172 g/mol. The van der Waals surface area contributed by atoms with Crippen molar-refractivity contribution in [2.45, 2.75) is 25.9 Å². The van der Waals surface area contributed by atoms with Gasteiger partial charge >= 0.3 is 5.97 Å². The molecule has 2 N–H and O–H groups in total. The third-order valence-corrected chi connectivity index (χ3v) is 1.74. The highest BCUT2D eigenvalue weighted by molar-refractivity contribution is 5.86. The summed E-state index contributed by atoms with van der Waals surface area (Å²) >= 11 is 0. The van der Waals surface area contributed by atoms with E-state index in [1.54, 1.807) is 20.9 Å². The molecule has 0 fully saturated rings. The second-order valence-electron chi connectivity index (χ2n) is 2.76. The maximum atomic E-state index is 11.2. The molecule has 0 spiro atoms. The Morgan fingerprint density at radius 2 is 1.77 bits per heavy atom. The lowest BCUT2D eigenvalue weighted by Gasteiger charge is -2.14. The second-order valence-corrected chi connectivity index (χ2v) is 2.76. The number of hydrogen-bond acceptors (Lipinski definition) is 4. The van der Waals surface area contributed by atoms with Crippen molar-refractivity contribution in [3.63, 3.8) is 0 Å². The van der Waals surface area contributed by atoms with Crippen LogP contribution in [0.5, 0.6) is 0 Å². The number of esters is 1. The van der Waals surface area contributed by atoms with Gasteiger partial charge in [-0.1, -0.05) is 0 Å². The first kappa shape index (κ1) is 11.9. The van der Waals surface area contributed by atoms with Crippen molar-refractivity contribution in [3.8, 4) is 0 Å².